The van der Waals surface area contributed by atoms with Gasteiger partial charge in [0.25, 0.3) is 11.5 Å². The number of carbonyl (C=O) groups excluding carboxylic acids is 1. The third-order valence-corrected chi connectivity index (χ3v) is 5.70. The second-order valence-electron chi connectivity index (χ2n) is 8.09. The molecule has 0 saturated carbocycles. The first-order valence-corrected chi connectivity index (χ1v) is 10.6. The summed E-state index contributed by atoms with van der Waals surface area (Å²) < 4.78 is 50.2. The molecule has 2 aliphatic rings. The number of halogens is 3. The van der Waals surface area contributed by atoms with E-state index in [1.807, 2.05) is 5.32 Å². The van der Waals surface area contributed by atoms with E-state index in [-0.39, 0.29) is 37.4 Å². The summed E-state index contributed by atoms with van der Waals surface area (Å²) in [5, 5.41) is 21.3. The summed E-state index contributed by atoms with van der Waals surface area (Å²) in [7, 11) is 0. The van der Waals surface area contributed by atoms with Gasteiger partial charge in [-0.05, 0) is 17.7 Å². The Morgan fingerprint density at radius 1 is 1.25 bits per heavy atom. The Hall–Kier alpha value is -3.97. The second kappa shape index (κ2) is 9.59. The monoisotopic (exact) mass is 507 g/mol. The third-order valence-electron chi connectivity index (χ3n) is 5.70. The lowest BCUT2D eigenvalue weighted by Crippen LogP contribution is -2.37. The van der Waals surface area contributed by atoms with Gasteiger partial charge in [0.05, 0.1) is 31.1 Å². The highest BCUT2D eigenvalue weighted by Gasteiger charge is 2.44. The van der Waals surface area contributed by atoms with Gasteiger partial charge in [0.15, 0.2) is 0 Å². The minimum atomic E-state index is -4.91. The summed E-state index contributed by atoms with van der Waals surface area (Å²) >= 11 is 0. The van der Waals surface area contributed by atoms with Crippen LogP contribution in [0, 0.1) is 0 Å². The van der Waals surface area contributed by atoms with E-state index in [0.29, 0.717) is 11.3 Å². The molecular weight excluding hydrogens is 487 g/mol. The maximum absolute atomic E-state index is 13.1. The molecule has 2 aromatic rings. The summed E-state index contributed by atoms with van der Waals surface area (Å²) in [6.07, 6.45) is 2.10. The van der Waals surface area contributed by atoms with Crippen LogP contribution >= 0.6 is 0 Å². The SMILES string of the molecule is O=C(O)CNC(=O)c1c(O)c2c(n(Cc3ccc(C4(OC(F)(F)F)C=CC=CC4)nc3)c1=O)COC2. The van der Waals surface area contributed by atoms with Crippen molar-refractivity contribution in [2.24, 2.45) is 0 Å². The van der Waals surface area contributed by atoms with Gasteiger partial charge in [-0.25, -0.2) is 0 Å². The van der Waals surface area contributed by atoms with Gasteiger partial charge < -0.3 is 24.8 Å². The van der Waals surface area contributed by atoms with Crippen LogP contribution in [0.4, 0.5) is 13.2 Å². The molecule has 190 valence electrons. The summed E-state index contributed by atoms with van der Waals surface area (Å²) in [5.41, 5.74) is -2.43. The number of carboxylic acids is 1. The molecule has 0 saturated heterocycles. The van der Waals surface area contributed by atoms with Gasteiger partial charge >= 0.3 is 12.3 Å². The van der Waals surface area contributed by atoms with Crippen molar-refractivity contribution in [1.82, 2.24) is 14.9 Å². The molecule has 0 spiro atoms. The number of rotatable bonds is 7. The Bertz CT molecular complexity index is 1320. The van der Waals surface area contributed by atoms with E-state index in [0.717, 1.165) is 0 Å². The van der Waals surface area contributed by atoms with Crippen LogP contribution in [-0.2, 0) is 39.6 Å². The predicted octanol–water partition coefficient (Wildman–Crippen LogP) is 2.09. The van der Waals surface area contributed by atoms with Crippen molar-refractivity contribution in [1.29, 1.82) is 0 Å². The molecule has 3 N–H and O–H groups in total. The Labute approximate surface area is 201 Å². The number of ether oxygens (including phenoxy) is 2. The standard InChI is InChI=1S/C23H20F3N3O7/c24-23(25,26)36-22(6-2-1-3-7-22)16-5-4-13(8-27-16)10-29-15-12-35-11-14(15)19(32)18(21(29)34)20(33)28-9-17(30)31/h1-6,8,32H,7,9-12H2,(H,28,33)(H,30,31). The molecule has 0 bridgehead atoms. The fourth-order valence-corrected chi connectivity index (χ4v) is 4.07. The topological polar surface area (TPSA) is 140 Å². The minimum Gasteiger partial charge on any atom is -0.506 e. The van der Waals surface area contributed by atoms with Crippen molar-refractivity contribution in [2.75, 3.05) is 6.54 Å². The first kappa shape index (κ1) is 25.1. The highest BCUT2D eigenvalue weighted by atomic mass is 19.4. The van der Waals surface area contributed by atoms with Gasteiger partial charge in [-0.3, -0.25) is 24.1 Å². The van der Waals surface area contributed by atoms with Crippen molar-refractivity contribution in [3.63, 3.8) is 0 Å². The number of pyridine rings is 2. The maximum Gasteiger partial charge on any atom is 0.523 e. The molecule has 2 aromatic heterocycles. The molecule has 3 heterocycles. The van der Waals surface area contributed by atoms with Gasteiger partial charge in [0.1, 0.15) is 23.5 Å². The first-order valence-electron chi connectivity index (χ1n) is 10.6. The Kier molecular flexibility index (Phi) is 6.69. The molecule has 10 nitrogen and oxygen atoms in total. The lowest BCUT2D eigenvalue weighted by molar-refractivity contribution is -0.362. The van der Waals surface area contributed by atoms with Crippen LogP contribution < -0.4 is 10.9 Å². The van der Waals surface area contributed by atoms with Gasteiger partial charge in [0, 0.05) is 18.2 Å². The lowest BCUT2D eigenvalue weighted by atomic mass is 9.90. The molecule has 1 aliphatic carbocycles. The van der Waals surface area contributed by atoms with Gasteiger partial charge in [-0.1, -0.05) is 24.3 Å². The van der Waals surface area contributed by atoms with Crippen molar-refractivity contribution in [2.45, 2.75) is 38.1 Å². The van der Waals surface area contributed by atoms with E-state index in [2.05, 4.69) is 9.72 Å². The molecule has 1 atom stereocenters. The number of hydrogen-bond donors (Lipinski definition) is 3. The maximum atomic E-state index is 13.1. The molecule has 13 heteroatoms. The molecule has 4 rings (SSSR count). The van der Waals surface area contributed by atoms with E-state index in [1.165, 1.54) is 41.1 Å². The van der Waals surface area contributed by atoms with E-state index in [9.17, 15) is 32.7 Å². The zero-order chi connectivity index (χ0) is 26.1. The van der Waals surface area contributed by atoms with E-state index >= 15 is 0 Å². The number of allylic oxidation sites excluding steroid dienone is 2. The van der Waals surface area contributed by atoms with Crippen LogP contribution in [0.5, 0.6) is 5.75 Å². The summed E-state index contributed by atoms with van der Waals surface area (Å²) in [5.74, 6) is -3.00. The smallest absolute Gasteiger partial charge is 0.506 e. The molecule has 1 aliphatic heterocycles. The Morgan fingerprint density at radius 2 is 2.03 bits per heavy atom. The van der Waals surface area contributed by atoms with E-state index < -0.39 is 47.3 Å². The van der Waals surface area contributed by atoms with E-state index in [4.69, 9.17) is 9.84 Å². The molecule has 36 heavy (non-hydrogen) atoms. The summed E-state index contributed by atoms with van der Waals surface area (Å²) in [6, 6.07) is 2.83. The summed E-state index contributed by atoms with van der Waals surface area (Å²) in [4.78, 5) is 40.5. The number of aliphatic carboxylic acids is 1. The van der Waals surface area contributed by atoms with Crippen LogP contribution in [-0.4, -0.2) is 44.5 Å². The number of hydrogen-bond acceptors (Lipinski definition) is 7. The van der Waals surface area contributed by atoms with Gasteiger partial charge in [0.2, 0.25) is 0 Å². The van der Waals surface area contributed by atoms with Crippen molar-refractivity contribution in [3.05, 3.63) is 81.1 Å². The number of amides is 1. The number of nitrogens with zero attached hydrogens (tertiary/aromatic N) is 2. The number of fused-ring (bicyclic) bond motifs is 1. The number of nitrogens with one attached hydrogen (secondary N) is 1. The number of alkyl halides is 3. The second-order valence-corrected chi connectivity index (χ2v) is 8.09. The first-order chi connectivity index (χ1) is 17.0. The predicted molar refractivity (Wildman–Crippen MR) is 116 cm³/mol. The normalized spacial score (nSPS) is 18.8. The summed E-state index contributed by atoms with van der Waals surface area (Å²) in [6.45, 7) is -1.00. The van der Waals surface area contributed by atoms with Crippen molar-refractivity contribution in [3.8, 4) is 5.75 Å². The molecule has 1 amide bonds. The van der Waals surface area contributed by atoms with Crippen LogP contribution in [0.25, 0.3) is 0 Å². The third kappa shape index (κ3) is 5.02. The molecule has 1 unspecified atom stereocenters. The van der Waals surface area contributed by atoms with Crippen LogP contribution in [0.3, 0.4) is 0 Å². The average molecular weight is 507 g/mol. The average Bonchev–Trinajstić information content (AvgIpc) is 3.31. The molecule has 0 fully saturated rings. The highest BCUT2D eigenvalue weighted by molar-refractivity contribution is 5.98. The van der Waals surface area contributed by atoms with Crippen molar-refractivity contribution < 1.29 is 42.4 Å². The minimum absolute atomic E-state index is 0.00419. The fraction of sp³-hybridized carbons (Fsp3) is 0.304. The highest BCUT2D eigenvalue weighted by Crippen LogP contribution is 2.38. The Balaban J connectivity index is 1.68. The van der Waals surface area contributed by atoms with E-state index in [1.54, 1.807) is 6.08 Å². The number of aromatic nitrogens is 2. The zero-order valence-corrected chi connectivity index (χ0v) is 18.5. The van der Waals surface area contributed by atoms with Crippen LogP contribution in [0.15, 0.2) is 47.4 Å². The number of aromatic hydroxyl groups is 1. The number of carboxylic acid groups (broad SMARTS) is 1. The quantitative estimate of drug-likeness (QED) is 0.518. The molecule has 0 aromatic carbocycles. The number of carbonyl (C=O) groups is 2. The van der Waals surface area contributed by atoms with Crippen molar-refractivity contribution >= 4 is 11.9 Å². The zero-order valence-electron chi connectivity index (χ0n) is 18.5. The van der Waals surface area contributed by atoms with Gasteiger partial charge in [-0.15, -0.1) is 13.2 Å². The fourth-order valence-electron chi connectivity index (χ4n) is 4.07. The largest absolute Gasteiger partial charge is 0.523 e. The Morgan fingerprint density at radius 3 is 2.64 bits per heavy atom. The molecule has 0 radical (unpaired) electrons. The molecular formula is C23H20F3N3O7. The van der Waals surface area contributed by atoms with Crippen LogP contribution in [0.2, 0.25) is 0 Å². The van der Waals surface area contributed by atoms with Crippen LogP contribution in [0.1, 0.15) is 39.3 Å². The lowest BCUT2D eigenvalue weighted by Gasteiger charge is -2.31. The van der Waals surface area contributed by atoms with Gasteiger partial charge in [-0.2, -0.15) is 0 Å².